The summed E-state index contributed by atoms with van der Waals surface area (Å²) >= 11 is 1.41. The van der Waals surface area contributed by atoms with Gasteiger partial charge in [-0.05, 0) is 11.5 Å². The number of carbonyl (C=O) groups excluding carboxylic acids is 2. The summed E-state index contributed by atoms with van der Waals surface area (Å²) in [5.74, 6) is -0.650. The molecule has 1 aromatic heterocycles. The van der Waals surface area contributed by atoms with E-state index in [1.165, 1.54) is 11.3 Å². The first-order valence-electron chi connectivity index (χ1n) is 8.10. The third-order valence-corrected chi connectivity index (χ3v) is 5.35. The summed E-state index contributed by atoms with van der Waals surface area (Å²) < 4.78 is 1.81. The van der Waals surface area contributed by atoms with Gasteiger partial charge in [-0.15, -0.1) is 11.3 Å². The zero-order valence-electron chi connectivity index (χ0n) is 13.8. The Balaban J connectivity index is 1.64. The van der Waals surface area contributed by atoms with Crippen molar-refractivity contribution in [2.45, 2.75) is 6.42 Å². The molecule has 2 amide bonds. The average Bonchev–Trinajstić information content (AvgIpc) is 3.20. The van der Waals surface area contributed by atoms with Crippen molar-refractivity contribution >= 4 is 39.6 Å². The molecule has 0 radical (unpaired) electrons. The van der Waals surface area contributed by atoms with Crippen molar-refractivity contribution in [2.24, 2.45) is 18.0 Å². The molecule has 2 heterocycles. The van der Waals surface area contributed by atoms with Crippen molar-refractivity contribution in [3.05, 3.63) is 58.8 Å². The molecule has 0 N–H and O–H groups in total. The minimum absolute atomic E-state index is 0.0274. The van der Waals surface area contributed by atoms with Gasteiger partial charge >= 0.3 is 0 Å². The van der Waals surface area contributed by atoms with Crippen molar-refractivity contribution in [1.82, 2.24) is 4.57 Å². The van der Waals surface area contributed by atoms with Crippen LogP contribution in [0.3, 0.4) is 0 Å². The summed E-state index contributed by atoms with van der Waals surface area (Å²) in [4.78, 5) is 31.6. The van der Waals surface area contributed by atoms with Gasteiger partial charge in [0, 0.05) is 37.0 Å². The van der Waals surface area contributed by atoms with Crippen LogP contribution < -0.4 is 9.70 Å². The average molecular weight is 351 g/mol. The Bertz CT molecular complexity index is 1030. The van der Waals surface area contributed by atoms with Crippen molar-refractivity contribution in [2.75, 3.05) is 11.4 Å². The Hall–Kier alpha value is -2.73. The zero-order valence-corrected chi connectivity index (χ0v) is 14.6. The number of carbonyl (C=O) groups is 2. The minimum Gasteiger partial charge on any atom is -0.327 e. The van der Waals surface area contributed by atoms with Crippen molar-refractivity contribution < 1.29 is 9.59 Å². The maximum absolute atomic E-state index is 12.5. The number of hydrogen-bond donors (Lipinski definition) is 0. The van der Waals surface area contributed by atoms with E-state index in [-0.39, 0.29) is 18.2 Å². The first-order chi connectivity index (χ1) is 12.1. The number of benzene rings is 2. The predicted octanol–water partition coefficient (Wildman–Crippen LogP) is 2.72. The standard InChI is InChI=1S/C19H17N3O2S/c1-21-9-10-25-19(21)20-18(24)14-11-17(23)22(12-14)16-8-4-6-13-5-2-3-7-15(13)16/h2-10,14H,11-12H2,1H3. The molecule has 0 aliphatic carbocycles. The quantitative estimate of drug-likeness (QED) is 0.713. The second-order valence-corrected chi connectivity index (χ2v) is 7.02. The normalized spacial score (nSPS) is 18.3. The lowest BCUT2D eigenvalue weighted by Crippen LogP contribution is -2.26. The summed E-state index contributed by atoms with van der Waals surface area (Å²) in [7, 11) is 1.85. The molecule has 1 aliphatic rings. The first-order valence-corrected chi connectivity index (χ1v) is 8.98. The van der Waals surface area contributed by atoms with Crippen LogP contribution in [0.1, 0.15) is 6.42 Å². The molecule has 3 aromatic rings. The zero-order chi connectivity index (χ0) is 17.4. The third kappa shape index (κ3) is 2.89. The molecule has 1 aliphatic heterocycles. The van der Waals surface area contributed by atoms with Gasteiger partial charge in [-0.2, -0.15) is 4.99 Å². The molecule has 2 aromatic carbocycles. The number of aryl methyl sites for hydroxylation is 1. The SMILES string of the molecule is Cn1ccsc1=NC(=O)C1CC(=O)N(c2cccc3ccccc23)C1. The number of hydrogen-bond acceptors (Lipinski definition) is 3. The van der Waals surface area contributed by atoms with E-state index < -0.39 is 5.92 Å². The number of rotatable bonds is 2. The molecule has 5 nitrogen and oxygen atoms in total. The summed E-state index contributed by atoms with van der Waals surface area (Å²) in [5.41, 5.74) is 0.861. The Morgan fingerprint density at radius 3 is 2.80 bits per heavy atom. The smallest absolute Gasteiger partial charge is 0.253 e. The molecule has 126 valence electrons. The molecule has 1 unspecified atom stereocenters. The van der Waals surface area contributed by atoms with Crippen molar-refractivity contribution in [1.29, 1.82) is 0 Å². The molecule has 0 saturated carbocycles. The highest BCUT2D eigenvalue weighted by atomic mass is 32.1. The van der Waals surface area contributed by atoms with Gasteiger partial charge in [-0.25, -0.2) is 0 Å². The summed E-state index contributed by atoms with van der Waals surface area (Å²) in [6.45, 7) is 0.379. The summed E-state index contributed by atoms with van der Waals surface area (Å²) in [6, 6.07) is 13.9. The highest BCUT2D eigenvalue weighted by Crippen LogP contribution is 2.31. The Morgan fingerprint density at radius 2 is 2.00 bits per heavy atom. The fourth-order valence-electron chi connectivity index (χ4n) is 3.17. The molecule has 0 spiro atoms. The Morgan fingerprint density at radius 1 is 1.20 bits per heavy atom. The fraction of sp³-hybridized carbons (Fsp3) is 0.211. The summed E-state index contributed by atoms with van der Waals surface area (Å²) in [6.07, 6.45) is 2.07. The van der Waals surface area contributed by atoms with Gasteiger partial charge in [-0.3, -0.25) is 9.59 Å². The Kier molecular flexibility index (Phi) is 3.97. The van der Waals surface area contributed by atoms with E-state index in [1.807, 2.05) is 65.7 Å². The van der Waals surface area contributed by atoms with Crippen LogP contribution in [0.25, 0.3) is 10.8 Å². The van der Waals surface area contributed by atoms with E-state index in [1.54, 1.807) is 4.90 Å². The largest absolute Gasteiger partial charge is 0.327 e. The van der Waals surface area contributed by atoms with Gasteiger partial charge < -0.3 is 9.47 Å². The highest BCUT2D eigenvalue weighted by molar-refractivity contribution is 7.07. The van der Waals surface area contributed by atoms with Crippen molar-refractivity contribution in [3.8, 4) is 0 Å². The number of thiazole rings is 1. The minimum atomic E-state index is -0.395. The van der Waals surface area contributed by atoms with Gasteiger partial charge in [0.2, 0.25) is 5.91 Å². The lowest BCUT2D eigenvalue weighted by atomic mass is 10.1. The molecule has 1 saturated heterocycles. The van der Waals surface area contributed by atoms with E-state index in [9.17, 15) is 9.59 Å². The van der Waals surface area contributed by atoms with Crippen LogP contribution in [-0.2, 0) is 16.6 Å². The van der Waals surface area contributed by atoms with E-state index in [0.717, 1.165) is 16.5 Å². The van der Waals surface area contributed by atoms with Crippen LogP contribution in [0.15, 0.2) is 59.0 Å². The van der Waals surface area contributed by atoms with Crippen LogP contribution in [0.2, 0.25) is 0 Å². The lowest BCUT2D eigenvalue weighted by molar-refractivity contribution is -0.123. The molecule has 0 bridgehead atoms. The van der Waals surface area contributed by atoms with Gasteiger partial charge in [0.1, 0.15) is 0 Å². The molecular formula is C19H17N3O2S. The lowest BCUT2D eigenvalue weighted by Gasteiger charge is -2.18. The van der Waals surface area contributed by atoms with E-state index in [0.29, 0.717) is 11.3 Å². The fourth-order valence-corrected chi connectivity index (χ4v) is 3.90. The first kappa shape index (κ1) is 15.8. The molecule has 4 rings (SSSR count). The van der Waals surface area contributed by atoms with Crippen LogP contribution in [-0.4, -0.2) is 22.9 Å². The van der Waals surface area contributed by atoms with E-state index in [2.05, 4.69) is 4.99 Å². The predicted molar refractivity (Wildman–Crippen MR) is 98.3 cm³/mol. The maximum atomic E-state index is 12.5. The second kappa shape index (κ2) is 6.29. The summed E-state index contributed by atoms with van der Waals surface area (Å²) in [5, 5.41) is 3.99. The van der Waals surface area contributed by atoms with Crippen LogP contribution >= 0.6 is 11.3 Å². The number of aromatic nitrogens is 1. The van der Waals surface area contributed by atoms with Gasteiger partial charge in [0.25, 0.3) is 5.91 Å². The van der Waals surface area contributed by atoms with Gasteiger partial charge in [-0.1, -0.05) is 36.4 Å². The molecular weight excluding hydrogens is 334 g/mol. The topological polar surface area (TPSA) is 54.7 Å². The maximum Gasteiger partial charge on any atom is 0.253 e. The van der Waals surface area contributed by atoms with Crippen LogP contribution in [0.4, 0.5) is 5.69 Å². The molecule has 1 fully saturated rings. The Labute approximate surface area is 148 Å². The van der Waals surface area contributed by atoms with Crippen molar-refractivity contribution in [3.63, 3.8) is 0 Å². The van der Waals surface area contributed by atoms with E-state index >= 15 is 0 Å². The molecule has 1 atom stereocenters. The van der Waals surface area contributed by atoms with Crippen LogP contribution in [0.5, 0.6) is 0 Å². The van der Waals surface area contributed by atoms with Crippen LogP contribution in [0, 0.1) is 5.92 Å². The number of nitrogens with zero attached hydrogens (tertiary/aromatic N) is 3. The van der Waals surface area contributed by atoms with E-state index in [4.69, 9.17) is 0 Å². The van der Waals surface area contributed by atoms with Gasteiger partial charge in [0.05, 0.1) is 11.6 Å². The second-order valence-electron chi connectivity index (χ2n) is 6.15. The molecule has 25 heavy (non-hydrogen) atoms. The monoisotopic (exact) mass is 351 g/mol. The number of anilines is 1. The number of amides is 2. The van der Waals surface area contributed by atoms with Gasteiger partial charge in [0.15, 0.2) is 4.80 Å². The molecule has 6 heteroatoms. The third-order valence-electron chi connectivity index (χ3n) is 4.50. The number of fused-ring (bicyclic) bond motifs is 1. The highest BCUT2D eigenvalue weighted by Gasteiger charge is 2.35.